The summed E-state index contributed by atoms with van der Waals surface area (Å²) in [7, 11) is 1.78. The number of hydrogen-bond donors (Lipinski definition) is 1. The van der Waals surface area contributed by atoms with E-state index in [4.69, 9.17) is 0 Å². The molecule has 104 valence electrons. The quantitative estimate of drug-likeness (QED) is 0.931. The van der Waals surface area contributed by atoms with Crippen molar-refractivity contribution in [1.29, 1.82) is 0 Å². The van der Waals surface area contributed by atoms with Gasteiger partial charge in [-0.05, 0) is 24.3 Å². The van der Waals surface area contributed by atoms with Crippen LogP contribution >= 0.6 is 0 Å². The lowest BCUT2D eigenvalue weighted by molar-refractivity contribution is -0.114. The number of benzene rings is 2. The van der Waals surface area contributed by atoms with E-state index in [0.29, 0.717) is 0 Å². The number of amides is 1. The van der Waals surface area contributed by atoms with E-state index in [1.165, 1.54) is 6.07 Å². The normalized spacial score (nSPS) is 10.2. The summed E-state index contributed by atoms with van der Waals surface area (Å²) in [5.74, 6) is -2.23. The van der Waals surface area contributed by atoms with Crippen molar-refractivity contribution in [2.24, 2.45) is 0 Å². The molecule has 2 aromatic carbocycles. The van der Waals surface area contributed by atoms with Crippen molar-refractivity contribution >= 4 is 17.3 Å². The van der Waals surface area contributed by atoms with Gasteiger partial charge in [0.1, 0.15) is 0 Å². The third kappa shape index (κ3) is 3.54. The molecule has 0 aliphatic heterocycles. The average Bonchev–Trinajstić information content (AvgIpc) is 2.44. The molecule has 0 atom stereocenters. The van der Waals surface area contributed by atoms with Crippen LogP contribution in [0.3, 0.4) is 0 Å². The first-order valence-electron chi connectivity index (χ1n) is 6.07. The molecule has 20 heavy (non-hydrogen) atoms. The van der Waals surface area contributed by atoms with Gasteiger partial charge in [-0.2, -0.15) is 0 Å². The molecule has 3 nitrogen and oxygen atoms in total. The van der Waals surface area contributed by atoms with Gasteiger partial charge >= 0.3 is 0 Å². The minimum Gasteiger partial charge on any atom is -0.365 e. The third-order valence-electron chi connectivity index (χ3n) is 2.78. The van der Waals surface area contributed by atoms with Crippen LogP contribution in [0, 0.1) is 11.6 Å². The van der Waals surface area contributed by atoms with Crippen LogP contribution in [0.15, 0.2) is 48.5 Å². The molecule has 1 N–H and O–H groups in total. The fourth-order valence-corrected chi connectivity index (χ4v) is 1.76. The highest BCUT2D eigenvalue weighted by Gasteiger charge is 2.09. The van der Waals surface area contributed by atoms with Gasteiger partial charge in [-0.1, -0.05) is 18.2 Å². The van der Waals surface area contributed by atoms with Crippen molar-refractivity contribution in [2.75, 3.05) is 23.8 Å². The highest BCUT2D eigenvalue weighted by atomic mass is 19.2. The van der Waals surface area contributed by atoms with E-state index in [9.17, 15) is 13.6 Å². The highest BCUT2D eigenvalue weighted by molar-refractivity contribution is 5.94. The van der Waals surface area contributed by atoms with Crippen LogP contribution in [0.4, 0.5) is 20.2 Å². The number of carbonyl (C=O) groups is 1. The number of rotatable bonds is 4. The van der Waals surface area contributed by atoms with Gasteiger partial charge < -0.3 is 10.2 Å². The Bertz CT molecular complexity index is 602. The molecule has 0 aromatic heterocycles. The molecule has 1 amide bonds. The first kappa shape index (κ1) is 14.0. The Labute approximate surface area is 115 Å². The first-order chi connectivity index (χ1) is 9.56. The van der Waals surface area contributed by atoms with E-state index in [1.807, 2.05) is 30.3 Å². The van der Waals surface area contributed by atoms with E-state index in [-0.39, 0.29) is 18.1 Å². The summed E-state index contributed by atoms with van der Waals surface area (Å²) in [4.78, 5) is 13.6. The van der Waals surface area contributed by atoms with Gasteiger partial charge in [0.25, 0.3) is 0 Å². The number of halogens is 2. The summed E-state index contributed by atoms with van der Waals surface area (Å²) < 4.78 is 25.8. The Morgan fingerprint density at radius 2 is 1.80 bits per heavy atom. The SMILES string of the molecule is CN(CC(=O)Nc1ccc(F)c(F)c1)c1ccccc1. The van der Waals surface area contributed by atoms with Crippen LogP contribution < -0.4 is 10.2 Å². The second-order valence-corrected chi connectivity index (χ2v) is 4.37. The van der Waals surface area contributed by atoms with E-state index in [2.05, 4.69) is 5.32 Å². The smallest absolute Gasteiger partial charge is 0.243 e. The molecule has 0 aliphatic carbocycles. The van der Waals surface area contributed by atoms with Crippen molar-refractivity contribution in [3.05, 3.63) is 60.2 Å². The predicted molar refractivity (Wildman–Crippen MR) is 74.7 cm³/mol. The zero-order valence-electron chi connectivity index (χ0n) is 10.9. The molecule has 0 aliphatic rings. The molecule has 0 heterocycles. The van der Waals surface area contributed by atoms with Crippen LogP contribution in [0.25, 0.3) is 0 Å². The number of para-hydroxylation sites is 1. The fraction of sp³-hybridized carbons (Fsp3) is 0.133. The fourth-order valence-electron chi connectivity index (χ4n) is 1.76. The van der Waals surface area contributed by atoms with Crippen molar-refractivity contribution in [3.63, 3.8) is 0 Å². The summed E-state index contributed by atoms with van der Waals surface area (Å²) in [6.45, 7) is 0.114. The third-order valence-corrected chi connectivity index (χ3v) is 2.78. The summed E-state index contributed by atoms with van der Waals surface area (Å²) in [6.07, 6.45) is 0. The summed E-state index contributed by atoms with van der Waals surface area (Å²) >= 11 is 0. The predicted octanol–water partition coefficient (Wildman–Crippen LogP) is 3.04. The molecule has 2 aromatic rings. The molecular formula is C15H14F2N2O. The number of likely N-dealkylation sites (N-methyl/N-ethyl adjacent to an activating group) is 1. The van der Waals surface area contributed by atoms with Crippen molar-refractivity contribution in [1.82, 2.24) is 0 Å². The number of nitrogens with one attached hydrogen (secondary N) is 1. The summed E-state index contributed by atoms with van der Waals surface area (Å²) in [6, 6.07) is 12.6. The zero-order chi connectivity index (χ0) is 14.5. The van der Waals surface area contributed by atoms with Crippen LogP contribution in [0.1, 0.15) is 0 Å². The van der Waals surface area contributed by atoms with Gasteiger partial charge in [0, 0.05) is 24.5 Å². The molecule has 5 heteroatoms. The van der Waals surface area contributed by atoms with Gasteiger partial charge in [0.05, 0.1) is 6.54 Å². The topological polar surface area (TPSA) is 32.3 Å². The molecule has 0 unspecified atom stereocenters. The standard InChI is InChI=1S/C15H14F2N2O/c1-19(12-5-3-2-4-6-12)10-15(20)18-11-7-8-13(16)14(17)9-11/h2-9H,10H2,1H3,(H,18,20). The second kappa shape index (κ2) is 6.14. The van der Waals surface area contributed by atoms with E-state index < -0.39 is 11.6 Å². The second-order valence-electron chi connectivity index (χ2n) is 4.37. The van der Waals surface area contributed by atoms with Crippen molar-refractivity contribution in [3.8, 4) is 0 Å². The van der Waals surface area contributed by atoms with E-state index in [1.54, 1.807) is 11.9 Å². The van der Waals surface area contributed by atoms with Crippen LogP contribution in [0.2, 0.25) is 0 Å². The number of nitrogens with zero attached hydrogens (tertiary/aromatic N) is 1. The zero-order valence-corrected chi connectivity index (χ0v) is 10.9. The summed E-state index contributed by atoms with van der Waals surface area (Å²) in [5.41, 5.74) is 1.13. The van der Waals surface area contributed by atoms with Crippen molar-refractivity contribution < 1.29 is 13.6 Å². The number of carbonyl (C=O) groups excluding carboxylic acids is 1. The highest BCUT2D eigenvalue weighted by Crippen LogP contribution is 2.14. The molecule has 0 fully saturated rings. The molecule has 0 bridgehead atoms. The molecule has 0 spiro atoms. The Morgan fingerprint density at radius 1 is 1.10 bits per heavy atom. The lowest BCUT2D eigenvalue weighted by atomic mass is 10.3. The van der Waals surface area contributed by atoms with Crippen LogP contribution in [0.5, 0.6) is 0 Å². The Balaban J connectivity index is 1.97. The maximum atomic E-state index is 13.0. The van der Waals surface area contributed by atoms with Crippen LogP contribution in [-0.4, -0.2) is 19.5 Å². The van der Waals surface area contributed by atoms with Gasteiger partial charge in [0.15, 0.2) is 11.6 Å². The van der Waals surface area contributed by atoms with Crippen LogP contribution in [-0.2, 0) is 4.79 Å². The minimum absolute atomic E-state index is 0.114. The monoisotopic (exact) mass is 276 g/mol. The van der Waals surface area contributed by atoms with E-state index in [0.717, 1.165) is 17.8 Å². The van der Waals surface area contributed by atoms with Crippen molar-refractivity contribution in [2.45, 2.75) is 0 Å². The van der Waals surface area contributed by atoms with E-state index >= 15 is 0 Å². The molecule has 0 saturated carbocycles. The number of anilines is 2. The maximum Gasteiger partial charge on any atom is 0.243 e. The number of hydrogen-bond acceptors (Lipinski definition) is 2. The van der Waals surface area contributed by atoms with Gasteiger partial charge in [0.2, 0.25) is 5.91 Å². The Kier molecular flexibility index (Phi) is 4.30. The molecular weight excluding hydrogens is 262 g/mol. The lowest BCUT2D eigenvalue weighted by Gasteiger charge is -2.18. The average molecular weight is 276 g/mol. The summed E-state index contributed by atoms with van der Waals surface area (Å²) in [5, 5.41) is 2.52. The first-order valence-corrected chi connectivity index (χ1v) is 6.07. The molecule has 0 saturated heterocycles. The maximum absolute atomic E-state index is 13.0. The lowest BCUT2D eigenvalue weighted by Crippen LogP contribution is -2.30. The Morgan fingerprint density at radius 3 is 2.45 bits per heavy atom. The minimum atomic E-state index is -0.987. The van der Waals surface area contributed by atoms with Gasteiger partial charge in [-0.15, -0.1) is 0 Å². The van der Waals surface area contributed by atoms with Gasteiger partial charge in [-0.25, -0.2) is 8.78 Å². The molecule has 0 radical (unpaired) electrons. The largest absolute Gasteiger partial charge is 0.365 e. The Hall–Kier alpha value is -2.43. The molecule has 2 rings (SSSR count). The van der Waals surface area contributed by atoms with Gasteiger partial charge in [-0.3, -0.25) is 4.79 Å².